The minimum absolute atomic E-state index is 0.00368. The first-order valence-corrected chi connectivity index (χ1v) is 18.9. The zero-order chi connectivity index (χ0) is 40.4. The van der Waals surface area contributed by atoms with Crippen LogP contribution in [-0.4, -0.2) is 105 Å². The summed E-state index contributed by atoms with van der Waals surface area (Å²) >= 11 is 0. The van der Waals surface area contributed by atoms with Gasteiger partial charge in [0.1, 0.15) is 55.9 Å². The summed E-state index contributed by atoms with van der Waals surface area (Å²) in [5.74, 6) is -2.19. The van der Waals surface area contributed by atoms with Crippen LogP contribution >= 0.6 is 0 Å². The molecule has 10 atom stereocenters. The summed E-state index contributed by atoms with van der Waals surface area (Å²) < 4.78 is 68.0. The van der Waals surface area contributed by atoms with Gasteiger partial charge in [0.05, 0.1) is 19.8 Å². The van der Waals surface area contributed by atoms with Gasteiger partial charge < -0.3 is 57.4 Å². The fourth-order valence-electron chi connectivity index (χ4n) is 6.96. The maximum atomic E-state index is 13.4. The molecular formula is C42H51NO14. The van der Waals surface area contributed by atoms with Gasteiger partial charge in [-0.3, -0.25) is 9.59 Å². The van der Waals surface area contributed by atoms with Gasteiger partial charge in [0.25, 0.3) is 0 Å². The number of nitrogens with one attached hydrogen (secondary N) is 1. The number of hydrogen-bond donors (Lipinski definition) is 1. The molecule has 3 aliphatic rings. The molecule has 3 heterocycles. The van der Waals surface area contributed by atoms with Crippen LogP contribution in [0.2, 0.25) is 0 Å². The van der Waals surface area contributed by atoms with Crippen LogP contribution in [-0.2, 0) is 81.5 Å². The van der Waals surface area contributed by atoms with Gasteiger partial charge in [0.15, 0.2) is 24.5 Å². The van der Waals surface area contributed by atoms with Crippen LogP contribution in [0.5, 0.6) is 0 Å². The molecule has 0 aliphatic carbocycles. The van der Waals surface area contributed by atoms with Crippen LogP contribution in [0.25, 0.3) is 0 Å². The van der Waals surface area contributed by atoms with Gasteiger partial charge in [0.2, 0.25) is 0 Å². The number of methoxy groups -OCH3 is 1. The molecule has 15 nitrogen and oxygen atoms in total. The highest BCUT2D eigenvalue weighted by atomic mass is 16.8. The monoisotopic (exact) mass is 793 g/mol. The maximum Gasteiger partial charge on any atom is 0.407 e. The number of esters is 2. The molecule has 0 saturated carbocycles. The lowest BCUT2D eigenvalue weighted by molar-refractivity contribution is -0.400. The molecule has 0 unspecified atom stereocenters. The van der Waals surface area contributed by atoms with Crippen LogP contribution < -0.4 is 5.32 Å². The number of benzene rings is 3. The Morgan fingerprint density at radius 2 is 1.28 bits per heavy atom. The lowest BCUT2D eigenvalue weighted by Gasteiger charge is -2.52. The summed E-state index contributed by atoms with van der Waals surface area (Å²) in [5.41, 5.74) is 2.48. The Morgan fingerprint density at radius 1 is 0.702 bits per heavy atom. The second-order valence-electron chi connectivity index (χ2n) is 14.3. The minimum atomic E-state index is -1.33. The van der Waals surface area contributed by atoms with Crippen molar-refractivity contribution in [3.05, 3.63) is 108 Å². The van der Waals surface area contributed by atoms with Gasteiger partial charge in [-0.2, -0.15) is 0 Å². The Kier molecular flexibility index (Phi) is 14.7. The third kappa shape index (κ3) is 11.6. The van der Waals surface area contributed by atoms with Crippen molar-refractivity contribution in [2.45, 2.75) is 115 Å². The second-order valence-corrected chi connectivity index (χ2v) is 14.3. The van der Waals surface area contributed by atoms with E-state index in [-0.39, 0.29) is 33.0 Å². The van der Waals surface area contributed by atoms with Crippen molar-refractivity contribution in [3.8, 4) is 0 Å². The van der Waals surface area contributed by atoms with Crippen molar-refractivity contribution in [2.75, 3.05) is 20.3 Å². The number of fused-ring (bicyclic) bond motifs is 1. The van der Waals surface area contributed by atoms with E-state index in [2.05, 4.69) is 5.32 Å². The fourth-order valence-corrected chi connectivity index (χ4v) is 6.96. The summed E-state index contributed by atoms with van der Waals surface area (Å²) in [4.78, 5) is 38.4. The first-order chi connectivity index (χ1) is 27.5. The van der Waals surface area contributed by atoms with Crippen molar-refractivity contribution >= 4 is 18.0 Å². The summed E-state index contributed by atoms with van der Waals surface area (Å²) in [6.07, 6.45) is -10.1. The van der Waals surface area contributed by atoms with Crippen molar-refractivity contribution in [1.82, 2.24) is 5.32 Å². The van der Waals surface area contributed by atoms with E-state index < -0.39 is 85.2 Å². The second kappa shape index (κ2) is 19.8. The standard InChI is InChI=1S/C42H51NO14/c1-26(44)48-24-31-34(36(49-21-28-15-9-6-10-16-28)33(39(47-5)54-31)43-41(46)51-23-30-19-13-8-14-20-30)56-40-38(53-27(2)45)37(50-22-29-17-11-7-12-18-29)35-32(55-40)25-52-42(3,4)57-35/h6-20,31-40H,21-25H2,1-5H3,(H,43,46)/t31-,32+,33-,34-,35-,36-,37+,38-,39+,40-/m1/s1. The highest BCUT2D eigenvalue weighted by Gasteiger charge is 2.57. The first-order valence-electron chi connectivity index (χ1n) is 18.9. The normalized spacial score (nSPS) is 29.4. The highest BCUT2D eigenvalue weighted by molar-refractivity contribution is 5.68. The molecule has 3 aromatic carbocycles. The molecule has 1 N–H and O–H groups in total. The predicted molar refractivity (Wildman–Crippen MR) is 200 cm³/mol. The minimum Gasteiger partial charge on any atom is -0.463 e. The third-order valence-corrected chi connectivity index (χ3v) is 9.60. The summed E-state index contributed by atoms with van der Waals surface area (Å²) in [5, 5.41) is 2.86. The van der Waals surface area contributed by atoms with E-state index in [4.69, 9.17) is 52.1 Å². The number of rotatable bonds is 15. The summed E-state index contributed by atoms with van der Waals surface area (Å²) in [6, 6.07) is 27.1. The number of carbonyl (C=O) groups is 3. The predicted octanol–water partition coefficient (Wildman–Crippen LogP) is 4.58. The van der Waals surface area contributed by atoms with E-state index in [9.17, 15) is 14.4 Å². The molecule has 3 saturated heterocycles. The van der Waals surface area contributed by atoms with Crippen molar-refractivity contribution < 1.29 is 66.5 Å². The highest BCUT2D eigenvalue weighted by Crippen LogP contribution is 2.38. The summed E-state index contributed by atoms with van der Waals surface area (Å²) in [6.45, 7) is 6.13. The lowest BCUT2D eigenvalue weighted by atomic mass is 9.94. The lowest BCUT2D eigenvalue weighted by Crippen LogP contribution is -2.70. The topological polar surface area (TPSA) is 165 Å². The zero-order valence-electron chi connectivity index (χ0n) is 32.7. The van der Waals surface area contributed by atoms with E-state index in [0.717, 1.165) is 16.7 Å². The Hall–Kier alpha value is -4.45. The van der Waals surface area contributed by atoms with Crippen LogP contribution in [0.3, 0.4) is 0 Å². The van der Waals surface area contributed by atoms with Crippen molar-refractivity contribution in [2.24, 2.45) is 0 Å². The molecule has 0 bridgehead atoms. The van der Waals surface area contributed by atoms with E-state index in [0.29, 0.717) is 0 Å². The van der Waals surface area contributed by atoms with Crippen LogP contribution in [0.15, 0.2) is 91.0 Å². The average Bonchev–Trinajstić information content (AvgIpc) is 3.20. The Labute approximate surface area is 332 Å². The molecule has 3 aromatic rings. The summed E-state index contributed by atoms with van der Waals surface area (Å²) in [7, 11) is 1.41. The number of amides is 1. The molecule has 0 radical (unpaired) electrons. The van der Waals surface area contributed by atoms with E-state index in [1.54, 1.807) is 13.8 Å². The van der Waals surface area contributed by atoms with E-state index in [1.165, 1.54) is 21.0 Å². The van der Waals surface area contributed by atoms with Gasteiger partial charge in [-0.05, 0) is 30.5 Å². The van der Waals surface area contributed by atoms with Gasteiger partial charge in [-0.25, -0.2) is 4.79 Å². The van der Waals surface area contributed by atoms with Crippen LogP contribution in [0.1, 0.15) is 44.4 Å². The van der Waals surface area contributed by atoms with E-state index in [1.807, 2.05) is 91.0 Å². The molecule has 57 heavy (non-hydrogen) atoms. The Balaban J connectivity index is 1.34. The van der Waals surface area contributed by atoms with Gasteiger partial charge in [-0.15, -0.1) is 0 Å². The number of alkyl carbamates (subject to hydrolysis) is 1. The number of hydrogen-bond acceptors (Lipinski definition) is 14. The van der Waals surface area contributed by atoms with Crippen molar-refractivity contribution in [1.29, 1.82) is 0 Å². The number of carbonyl (C=O) groups excluding carboxylic acids is 3. The van der Waals surface area contributed by atoms with Gasteiger partial charge >= 0.3 is 18.0 Å². The van der Waals surface area contributed by atoms with E-state index >= 15 is 0 Å². The Bertz CT molecular complexity index is 1730. The number of ether oxygens (including phenoxy) is 11. The van der Waals surface area contributed by atoms with Crippen molar-refractivity contribution in [3.63, 3.8) is 0 Å². The molecule has 0 aromatic heterocycles. The molecule has 3 fully saturated rings. The molecule has 3 aliphatic heterocycles. The Morgan fingerprint density at radius 3 is 1.84 bits per heavy atom. The van der Waals surface area contributed by atoms with Crippen LogP contribution in [0, 0.1) is 0 Å². The SMILES string of the molecule is CO[C@H]1O[C@H](COC(C)=O)[C@@H](O[C@H]2O[C@H]3COC(C)(C)O[C@H]3[C@H](OCc3ccccc3)[C@H]2OC(C)=O)[C@H](OCc2ccccc2)[C@H]1NC(=O)OCc1ccccc1. The van der Waals surface area contributed by atoms with Gasteiger partial charge in [0, 0.05) is 21.0 Å². The molecule has 308 valence electrons. The van der Waals surface area contributed by atoms with Crippen LogP contribution in [0.4, 0.5) is 4.79 Å². The zero-order valence-corrected chi connectivity index (χ0v) is 32.7. The largest absolute Gasteiger partial charge is 0.463 e. The third-order valence-electron chi connectivity index (χ3n) is 9.60. The molecular weight excluding hydrogens is 742 g/mol. The molecule has 15 heteroatoms. The fraction of sp³-hybridized carbons (Fsp3) is 0.500. The average molecular weight is 794 g/mol. The molecule has 0 spiro atoms. The first kappa shape index (κ1) is 42.2. The smallest absolute Gasteiger partial charge is 0.407 e. The maximum absolute atomic E-state index is 13.4. The molecule has 1 amide bonds. The quantitative estimate of drug-likeness (QED) is 0.168. The van der Waals surface area contributed by atoms with Gasteiger partial charge in [-0.1, -0.05) is 91.0 Å². The molecule has 6 rings (SSSR count).